The molecule has 2 N–H and O–H groups in total. The average molecular weight is 365 g/mol. The van der Waals surface area contributed by atoms with Crippen molar-refractivity contribution in [1.82, 2.24) is 10.3 Å². The summed E-state index contributed by atoms with van der Waals surface area (Å²) in [7, 11) is 0. The van der Waals surface area contributed by atoms with E-state index in [-0.39, 0.29) is 12.5 Å². The molecule has 0 aromatic carbocycles. The first-order valence-corrected chi connectivity index (χ1v) is 7.87. The molecule has 0 saturated heterocycles. The summed E-state index contributed by atoms with van der Waals surface area (Å²) in [6, 6.07) is 5.60. The number of pyridine rings is 1. The lowest BCUT2D eigenvalue weighted by Gasteiger charge is -2.03. The Balaban J connectivity index is 1.99. The number of nitrogens with zero attached hydrogens (tertiary/aromatic N) is 1. The number of aliphatic hydroxyl groups is 1. The van der Waals surface area contributed by atoms with E-state index in [1.54, 1.807) is 23.6 Å². The molecule has 21 heavy (non-hydrogen) atoms. The summed E-state index contributed by atoms with van der Waals surface area (Å²) in [5, 5.41) is 11.5. The predicted octanol–water partition coefficient (Wildman–Crippen LogP) is 2.57. The second-order valence-electron chi connectivity index (χ2n) is 4.13. The second kappa shape index (κ2) is 7.93. The lowest BCUT2D eigenvalue weighted by atomic mass is 10.2. The van der Waals surface area contributed by atoms with Crippen LogP contribution in [0.4, 0.5) is 0 Å². The van der Waals surface area contributed by atoms with E-state index in [0.29, 0.717) is 24.1 Å². The van der Waals surface area contributed by atoms with Gasteiger partial charge >= 0.3 is 0 Å². The highest BCUT2D eigenvalue weighted by Crippen LogP contribution is 2.21. The van der Waals surface area contributed by atoms with Crippen molar-refractivity contribution in [3.8, 4) is 11.8 Å². The van der Waals surface area contributed by atoms with E-state index in [2.05, 4.69) is 38.1 Å². The highest BCUT2D eigenvalue weighted by Gasteiger charge is 2.07. The Kier molecular flexibility index (Phi) is 5.93. The molecule has 2 aromatic rings. The summed E-state index contributed by atoms with van der Waals surface area (Å²) < 4.78 is 1.04. The Hall–Kier alpha value is -1.68. The smallest absolute Gasteiger partial charge is 0.253 e. The van der Waals surface area contributed by atoms with Crippen molar-refractivity contribution >= 4 is 33.2 Å². The molecule has 4 nitrogen and oxygen atoms in total. The van der Waals surface area contributed by atoms with Crippen LogP contribution in [-0.4, -0.2) is 22.6 Å². The van der Waals surface area contributed by atoms with E-state index < -0.39 is 0 Å². The van der Waals surface area contributed by atoms with Gasteiger partial charge in [0.05, 0.1) is 22.5 Å². The summed E-state index contributed by atoms with van der Waals surface area (Å²) in [6.45, 7) is 0.506. The maximum atomic E-state index is 12.1. The number of nitrogens with one attached hydrogen (secondary N) is 1. The molecular weight excluding hydrogens is 352 g/mol. The van der Waals surface area contributed by atoms with Crippen molar-refractivity contribution in [3.63, 3.8) is 0 Å². The minimum absolute atomic E-state index is 0.0248. The fourth-order valence-corrected chi connectivity index (χ4v) is 2.99. The van der Waals surface area contributed by atoms with Crippen molar-refractivity contribution in [2.24, 2.45) is 0 Å². The predicted molar refractivity (Wildman–Crippen MR) is 86.0 cm³/mol. The molecule has 0 saturated carbocycles. The van der Waals surface area contributed by atoms with Gasteiger partial charge in [-0.2, -0.15) is 0 Å². The first-order valence-electron chi connectivity index (χ1n) is 6.26. The maximum Gasteiger partial charge on any atom is 0.253 e. The van der Waals surface area contributed by atoms with Crippen LogP contribution >= 0.6 is 27.3 Å². The van der Waals surface area contributed by atoms with E-state index in [9.17, 15) is 4.79 Å². The van der Waals surface area contributed by atoms with Crippen LogP contribution in [0.5, 0.6) is 0 Å². The van der Waals surface area contributed by atoms with E-state index in [0.717, 1.165) is 8.66 Å². The zero-order valence-electron chi connectivity index (χ0n) is 11.1. The van der Waals surface area contributed by atoms with Gasteiger partial charge < -0.3 is 10.4 Å². The fourth-order valence-electron chi connectivity index (χ4n) is 1.57. The number of rotatable bonds is 4. The number of amides is 1. The minimum Gasteiger partial charge on any atom is -0.395 e. The van der Waals surface area contributed by atoms with Gasteiger partial charge in [0, 0.05) is 29.3 Å². The van der Waals surface area contributed by atoms with Crippen molar-refractivity contribution in [2.45, 2.75) is 13.0 Å². The zero-order chi connectivity index (χ0) is 15.1. The van der Waals surface area contributed by atoms with Gasteiger partial charge in [0.15, 0.2) is 0 Å². The molecule has 6 heteroatoms. The van der Waals surface area contributed by atoms with Gasteiger partial charge in [-0.1, -0.05) is 11.8 Å². The topological polar surface area (TPSA) is 62.2 Å². The Morgan fingerprint density at radius 3 is 3.00 bits per heavy atom. The summed E-state index contributed by atoms with van der Waals surface area (Å²) in [6.07, 6.45) is 3.51. The van der Waals surface area contributed by atoms with Gasteiger partial charge in [-0.15, -0.1) is 11.3 Å². The normalized spacial score (nSPS) is 9.81. The van der Waals surface area contributed by atoms with Gasteiger partial charge in [-0.25, -0.2) is 0 Å². The standard InChI is InChI=1S/C15H13BrN2O2S/c16-14-5-4-13(21-14)10-18-15(20)12-7-11(8-17-9-12)3-1-2-6-19/h4-5,7-9,19H,2,6,10H2,(H,18,20). The van der Waals surface area contributed by atoms with Crippen LogP contribution < -0.4 is 5.32 Å². The number of thiophene rings is 1. The number of aromatic nitrogens is 1. The summed E-state index contributed by atoms with van der Waals surface area (Å²) >= 11 is 4.97. The third-order valence-electron chi connectivity index (χ3n) is 2.52. The number of hydrogen-bond donors (Lipinski definition) is 2. The van der Waals surface area contributed by atoms with Crippen molar-refractivity contribution in [3.05, 3.63) is 50.4 Å². The highest BCUT2D eigenvalue weighted by atomic mass is 79.9. The highest BCUT2D eigenvalue weighted by molar-refractivity contribution is 9.11. The van der Waals surface area contributed by atoms with Gasteiger partial charge in [0.25, 0.3) is 5.91 Å². The molecule has 0 spiro atoms. The lowest BCUT2D eigenvalue weighted by molar-refractivity contribution is 0.0951. The SMILES string of the molecule is O=C(NCc1ccc(Br)s1)c1cncc(C#CCCO)c1. The van der Waals surface area contributed by atoms with Gasteiger partial charge in [0.1, 0.15) is 0 Å². The minimum atomic E-state index is -0.183. The van der Waals surface area contributed by atoms with Gasteiger partial charge in [-0.05, 0) is 34.1 Å². The molecule has 0 bridgehead atoms. The van der Waals surface area contributed by atoms with Crippen molar-refractivity contribution < 1.29 is 9.90 Å². The van der Waals surface area contributed by atoms with Crippen LogP contribution in [0.2, 0.25) is 0 Å². The zero-order valence-corrected chi connectivity index (χ0v) is 13.5. The second-order valence-corrected chi connectivity index (χ2v) is 6.67. The van der Waals surface area contributed by atoms with Crippen LogP contribution in [-0.2, 0) is 6.54 Å². The number of aliphatic hydroxyl groups excluding tert-OH is 1. The molecule has 0 radical (unpaired) electrons. The third-order valence-corrected chi connectivity index (χ3v) is 4.15. The van der Waals surface area contributed by atoms with Crippen LogP contribution in [0.25, 0.3) is 0 Å². The Bertz CT molecular complexity index is 688. The Labute approximate surface area is 135 Å². The monoisotopic (exact) mass is 364 g/mol. The number of carbonyl (C=O) groups is 1. The number of hydrogen-bond acceptors (Lipinski definition) is 4. The summed E-state index contributed by atoms with van der Waals surface area (Å²) in [5.74, 6) is 5.48. The molecule has 0 aliphatic heterocycles. The van der Waals surface area contributed by atoms with Gasteiger partial charge in [-0.3, -0.25) is 9.78 Å². The fraction of sp³-hybridized carbons (Fsp3) is 0.200. The van der Waals surface area contributed by atoms with Crippen LogP contribution in [0.1, 0.15) is 27.2 Å². The molecule has 2 aromatic heterocycles. The molecular formula is C15H13BrN2O2S. The maximum absolute atomic E-state index is 12.1. The van der Waals surface area contributed by atoms with Crippen molar-refractivity contribution in [1.29, 1.82) is 0 Å². The molecule has 0 unspecified atom stereocenters. The molecule has 0 atom stereocenters. The Morgan fingerprint density at radius 1 is 1.43 bits per heavy atom. The molecule has 0 aliphatic rings. The molecule has 2 rings (SSSR count). The van der Waals surface area contributed by atoms with Crippen molar-refractivity contribution in [2.75, 3.05) is 6.61 Å². The summed E-state index contributed by atoms with van der Waals surface area (Å²) in [4.78, 5) is 17.1. The third kappa shape index (κ3) is 4.97. The quantitative estimate of drug-likeness (QED) is 0.819. The van der Waals surface area contributed by atoms with E-state index in [4.69, 9.17) is 5.11 Å². The molecule has 108 valence electrons. The molecule has 2 heterocycles. The lowest BCUT2D eigenvalue weighted by Crippen LogP contribution is -2.22. The van der Waals surface area contributed by atoms with Crippen LogP contribution in [0.15, 0.2) is 34.4 Å². The van der Waals surface area contributed by atoms with Crippen LogP contribution in [0, 0.1) is 11.8 Å². The van der Waals surface area contributed by atoms with Gasteiger partial charge in [0.2, 0.25) is 0 Å². The van der Waals surface area contributed by atoms with E-state index >= 15 is 0 Å². The average Bonchev–Trinajstić information content (AvgIpc) is 2.91. The van der Waals surface area contributed by atoms with Crippen LogP contribution in [0.3, 0.4) is 0 Å². The summed E-state index contributed by atoms with van der Waals surface area (Å²) in [5.41, 5.74) is 1.14. The largest absolute Gasteiger partial charge is 0.395 e. The first-order chi connectivity index (χ1) is 10.2. The number of carbonyl (C=O) groups excluding carboxylic acids is 1. The number of halogens is 1. The molecule has 1 amide bonds. The van der Waals surface area contributed by atoms with E-state index in [1.807, 2.05) is 12.1 Å². The van der Waals surface area contributed by atoms with E-state index in [1.165, 1.54) is 6.20 Å². The molecule has 0 fully saturated rings. The first kappa shape index (κ1) is 15.7. The molecule has 0 aliphatic carbocycles. The Morgan fingerprint density at radius 2 is 2.29 bits per heavy atom.